The van der Waals surface area contributed by atoms with Crippen LogP contribution in [0.4, 0.5) is 11.6 Å². The molecule has 5 nitrogen and oxygen atoms in total. The first kappa shape index (κ1) is 15.7. The molecule has 0 radical (unpaired) electrons. The molecule has 1 heterocycles. The van der Waals surface area contributed by atoms with Crippen molar-refractivity contribution in [1.29, 1.82) is 0 Å². The third-order valence-corrected chi connectivity index (χ3v) is 2.81. The van der Waals surface area contributed by atoms with E-state index in [-0.39, 0.29) is 0 Å². The normalized spacial score (nSPS) is 10.8. The number of hydrogen-bond donors (Lipinski definition) is 1. The zero-order valence-corrected chi connectivity index (χ0v) is 12.7. The van der Waals surface area contributed by atoms with Gasteiger partial charge in [0.25, 0.3) is 0 Å². The summed E-state index contributed by atoms with van der Waals surface area (Å²) in [6.45, 7) is 9.00. The Labute approximate surface area is 116 Å². The van der Waals surface area contributed by atoms with Gasteiger partial charge in [0.2, 0.25) is 0 Å². The van der Waals surface area contributed by atoms with Crippen molar-refractivity contribution in [2.24, 2.45) is 5.92 Å². The maximum atomic E-state index is 5.19. The molecule has 108 valence electrons. The molecule has 0 spiro atoms. The van der Waals surface area contributed by atoms with Gasteiger partial charge in [-0.25, -0.2) is 9.97 Å². The molecule has 0 amide bonds. The van der Waals surface area contributed by atoms with Crippen molar-refractivity contribution in [1.82, 2.24) is 9.97 Å². The minimum Gasteiger partial charge on any atom is -0.383 e. The lowest BCUT2D eigenvalue weighted by Crippen LogP contribution is -2.32. The number of aryl methyl sites for hydroxylation is 1. The van der Waals surface area contributed by atoms with Crippen LogP contribution in [0, 0.1) is 5.92 Å². The van der Waals surface area contributed by atoms with Gasteiger partial charge in [-0.1, -0.05) is 20.8 Å². The Morgan fingerprint density at radius 2 is 2.11 bits per heavy atom. The van der Waals surface area contributed by atoms with Crippen LogP contribution in [-0.4, -0.2) is 43.8 Å². The zero-order chi connectivity index (χ0) is 14.3. The van der Waals surface area contributed by atoms with Gasteiger partial charge in [-0.15, -0.1) is 0 Å². The Balaban J connectivity index is 2.98. The highest BCUT2D eigenvalue weighted by Gasteiger charge is 2.12. The standard InChI is InChI=1S/C14H26N4O/c1-6-12-16-13(15-4)9-14(17-12)18(7-8-19-5)10-11(2)3/h9,11H,6-8,10H2,1-5H3,(H,15,16,17). The molecule has 0 aromatic carbocycles. The molecular weight excluding hydrogens is 240 g/mol. The van der Waals surface area contributed by atoms with Crippen molar-refractivity contribution in [2.45, 2.75) is 27.2 Å². The van der Waals surface area contributed by atoms with E-state index in [9.17, 15) is 0 Å². The molecule has 0 atom stereocenters. The van der Waals surface area contributed by atoms with Gasteiger partial charge in [0.1, 0.15) is 17.5 Å². The molecule has 19 heavy (non-hydrogen) atoms. The van der Waals surface area contributed by atoms with Gasteiger partial charge >= 0.3 is 0 Å². The van der Waals surface area contributed by atoms with Crippen LogP contribution in [0.25, 0.3) is 0 Å². The number of nitrogens with one attached hydrogen (secondary N) is 1. The van der Waals surface area contributed by atoms with Gasteiger partial charge < -0.3 is 15.0 Å². The van der Waals surface area contributed by atoms with E-state index in [1.54, 1.807) is 7.11 Å². The van der Waals surface area contributed by atoms with Crippen molar-refractivity contribution >= 4 is 11.6 Å². The van der Waals surface area contributed by atoms with Gasteiger partial charge in [0.05, 0.1) is 6.61 Å². The average Bonchev–Trinajstić information content (AvgIpc) is 2.42. The highest BCUT2D eigenvalue weighted by Crippen LogP contribution is 2.17. The molecule has 0 unspecified atom stereocenters. The maximum Gasteiger partial charge on any atom is 0.134 e. The Kier molecular flexibility index (Phi) is 6.56. The molecule has 0 aliphatic heterocycles. The Hall–Kier alpha value is -1.36. The number of rotatable bonds is 8. The molecular formula is C14H26N4O. The molecule has 0 aliphatic rings. The van der Waals surface area contributed by atoms with Crippen LogP contribution in [0.2, 0.25) is 0 Å². The van der Waals surface area contributed by atoms with Crippen LogP contribution in [0.5, 0.6) is 0 Å². The van der Waals surface area contributed by atoms with Crippen molar-refractivity contribution in [3.63, 3.8) is 0 Å². The largest absolute Gasteiger partial charge is 0.383 e. The lowest BCUT2D eigenvalue weighted by molar-refractivity contribution is 0.204. The van der Waals surface area contributed by atoms with Gasteiger partial charge in [0.15, 0.2) is 0 Å². The lowest BCUT2D eigenvalue weighted by Gasteiger charge is -2.26. The van der Waals surface area contributed by atoms with E-state index in [0.717, 1.165) is 37.0 Å². The minimum atomic E-state index is 0.579. The zero-order valence-electron chi connectivity index (χ0n) is 12.7. The van der Waals surface area contributed by atoms with Crippen molar-refractivity contribution in [3.8, 4) is 0 Å². The highest BCUT2D eigenvalue weighted by atomic mass is 16.5. The number of anilines is 2. The fraction of sp³-hybridized carbons (Fsp3) is 0.714. The molecule has 1 aromatic rings. The Morgan fingerprint density at radius 3 is 2.63 bits per heavy atom. The Morgan fingerprint density at radius 1 is 1.37 bits per heavy atom. The topological polar surface area (TPSA) is 50.3 Å². The van der Waals surface area contributed by atoms with Gasteiger partial charge in [-0.3, -0.25) is 0 Å². The van der Waals surface area contributed by atoms with Crippen molar-refractivity contribution in [2.75, 3.05) is 44.1 Å². The molecule has 0 fully saturated rings. The number of nitrogens with zero attached hydrogens (tertiary/aromatic N) is 3. The summed E-state index contributed by atoms with van der Waals surface area (Å²) in [4.78, 5) is 11.3. The highest BCUT2D eigenvalue weighted by molar-refractivity contribution is 5.49. The maximum absolute atomic E-state index is 5.19. The SMILES string of the molecule is CCc1nc(NC)cc(N(CCOC)CC(C)C)n1. The first-order valence-electron chi connectivity index (χ1n) is 6.90. The van der Waals surface area contributed by atoms with Crippen LogP contribution in [0.3, 0.4) is 0 Å². The second-order valence-electron chi connectivity index (χ2n) is 4.96. The fourth-order valence-electron chi connectivity index (χ4n) is 1.87. The van der Waals surface area contributed by atoms with E-state index in [4.69, 9.17) is 4.74 Å². The summed E-state index contributed by atoms with van der Waals surface area (Å²) in [7, 11) is 3.61. The van der Waals surface area contributed by atoms with E-state index in [1.165, 1.54) is 0 Å². The third-order valence-electron chi connectivity index (χ3n) is 2.81. The molecule has 0 bridgehead atoms. The van der Waals surface area contributed by atoms with Crippen LogP contribution < -0.4 is 10.2 Å². The van der Waals surface area contributed by atoms with Gasteiger partial charge in [-0.2, -0.15) is 0 Å². The number of ether oxygens (including phenoxy) is 1. The summed E-state index contributed by atoms with van der Waals surface area (Å²) in [5.74, 6) is 3.29. The minimum absolute atomic E-state index is 0.579. The van der Waals surface area contributed by atoms with Crippen LogP contribution >= 0.6 is 0 Å². The molecule has 0 saturated heterocycles. The Bertz CT molecular complexity index is 359. The summed E-state index contributed by atoms with van der Waals surface area (Å²) in [5, 5.41) is 3.10. The molecule has 5 heteroatoms. The number of methoxy groups -OCH3 is 1. The molecule has 0 saturated carbocycles. The summed E-state index contributed by atoms with van der Waals surface area (Å²) in [5.41, 5.74) is 0. The van der Waals surface area contributed by atoms with E-state index in [2.05, 4.69) is 41.0 Å². The third kappa shape index (κ3) is 5.03. The first-order valence-corrected chi connectivity index (χ1v) is 6.90. The summed E-state index contributed by atoms with van der Waals surface area (Å²) in [6, 6.07) is 2.00. The predicted molar refractivity (Wildman–Crippen MR) is 79.9 cm³/mol. The fourth-order valence-corrected chi connectivity index (χ4v) is 1.87. The lowest BCUT2D eigenvalue weighted by atomic mass is 10.2. The second-order valence-corrected chi connectivity index (χ2v) is 4.96. The van der Waals surface area contributed by atoms with E-state index >= 15 is 0 Å². The smallest absolute Gasteiger partial charge is 0.134 e. The monoisotopic (exact) mass is 266 g/mol. The van der Waals surface area contributed by atoms with E-state index < -0.39 is 0 Å². The van der Waals surface area contributed by atoms with E-state index in [1.807, 2.05) is 13.1 Å². The second kappa shape index (κ2) is 7.94. The summed E-state index contributed by atoms with van der Waals surface area (Å²) >= 11 is 0. The predicted octanol–water partition coefficient (Wildman–Crippen LogP) is 2.19. The van der Waals surface area contributed by atoms with Crippen molar-refractivity contribution in [3.05, 3.63) is 11.9 Å². The van der Waals surface area contributed by atoms with Crippen LogP contribution in [0.1, 0.15) is 26.6 Å². The number of aromatic nitrogens is 2. The number of hydrogen-bond acceptors (Lipinski definition) is 5. The van der Waals surface area contributed by atoms with Crippen LogP contribution in [-0.2, 0) is 11.2 Å². The molecule has 1 aromatic heterocycles. The summed E-state index contributed by atoms with van der Waals surface area (Å²) in [6.07, 6.45) is 0.836. The average molecular weight is 266 g/mol. The molecule has 1 rings (SSSR count). The van der Waals surface area contributed by atoms with Crippen LogP contribution in [0.15, 0.2) is 6.07 Å². The molecule has 0 aliphatic carbocycles. The quantitative estimate of drug-likeness (QED) is 0.781. The van der Waals surface area contributed by atoms with Gasteiger partial charge in [-0.05, 0) is 5.92 Å². The van der Waals surface area contributed by atoms with Gasteiger partial charge in [0, 0.05) is 39.7 Å². The van der Waals surface area contributed by atoms with Crippen molar-refractivity contribution < 1.29 is 4.74 Å². The summed E-state index contributed by atoms with van der Waals surface area (Å²) < 4.78 is 5.19. The molecule has 1 N–H and O–H groups in total. The van der Waals surface area contributed by atoms with E-state index in [0.29, 0.717) is 12.5 Å². The first-order chi connectivity index (χ1) is 9.10.